The van der Waals surface area contributed by atoms with Gasteiger partial charge >= 0.3 is 0 Å². The topological polar surface area (TPSA) is 58.1 Å². The number of nitrogens with zero attached hydrogens (tertiary/aromatic N) is 4. The van der Waals surface area contributed by atoms with Crippen LogP contribution < -0.4 is 4.90 Å². The molecule has 0 aromatic carbocycles. The average Bonchev–Trinajstić information content (AvgIpc) is 2.79. The maximum Gasteiger partial charge on any atom is 0.224 e. The van der Waals surface area contributed by atoms with Gasteiger partial charge in [-0.1, -0.05) is 6.07 Å². The van der Waals surface area contributed by atoms with Crippen LogP contribution >= 0.6 is 0 Å². The molecule has 0 aliphatic carbocycles. The first-order valence-electron chi connectivity index (χ1n) is 11.0. The van der Waals surface area contributed by atoms with E-state index in [0.717, 1.165) is 77.4 Å². The van der Waals surface area contributed by atoms with Crippen LogP contribution in [-0.4, -0.2) is 91.9 Å². The summed E-state index contributed by atoms with van der Waals surface area (Å²) in [6, 6.07) is 6.72. The van der Waals surface area contributed by atoms with E-state index in [-0.39, 0.29) is 11.5 Å². The second-order valence-electron chi connectivity index (χ2n) is 8.51. The number of aromatic nitrogens is 1. The van der Waals surface area contributed by atoms with Crippen molar-refractivity contribution in [3.05, 3.63) is 24.4 Å². The quantitative estimate of drug-likeness (QED) is 0.748. The van der Waals surface area contributed by atoms with Gasteiger partial charge in [0.15, 0.2) is 0 Å². The number of hydrogen-bond donors (Lipinski definition) is 0. The second kappa shape index (κ2) is 9.41. The summed E-state index contributed by atoms with van der Waals surface area (Å²) in [5, 5.41) is 0. The molecule has 160 valence electrons. The Morgan fingerprint density at radius 1 is 1.21 bits per heavy atom. The minimum atomic E-state index is -0.0426. The maximum atomic E-state index is 12.3. The summed E-state index contributed by atoms with van der Waals surface area (Å²) in [7, 11) is 1.64. The van der Waals surface area contributed by atoms with Gasteiger partial charge in [0.25, 0.3) is 0 Å². The lowest BCUT2D eigenvalue weighted by atomic mass is 9.81. The monoisotopic (exact) mass is 402 g/mol. The van der Waals surface area contributed by atoms with Gasteiger partial charge in [0.05, 0.1) is 18.6 Å². The SMILES string of the molecule is COCCC(=O)N1CCC2(CC1)C[C@@H](N1CCN(c3ccccn3)CC1)CCO2. The highest BCUT2D eigenvalue weighted by molar-refractivity contribution is 5.76. The highest BCUT2D eigenvalue weighted by Gasteiger charge is 2.42. The molecule has 3 aliphatic rings. The van der Waals surface area contributed by atoms with Gasteiger partial charge in [0.2, 0.25) is 5.91 Å². The smallest absolute Gasteiger partial charge is 0.224 e. The minimum absolute atomic E-state index is 0.0426. The molecule has 1 aromatic heterocycles. The van der Waals surface area contributed by atoms with Gasteiger partial charge < -0.3 is 19.3 Å². The third-order valence-corrected chi connectivity index (χ3v) is 6.82. The molecule has 29 heavy (non-hydrogen) atoms. The predicted octanol–water partition coefficient (Wildman–Crippen LogP) is 1.78. The Labute approximate surface area is 174 Å². The molecule has 0 saturated carbocycles. The van der Waals surface area contributed by atoms with Crippen molar-refractivity contribution < 1.29 is 14.3 Å². The first-order chi connectivity index (χ1) is 14.2. The van der Waals surface area contributed by atoms with E-state index in [4.69, 9.17) is 9.47 Å². The largest absolute Gasteiger partial charge is 0.384 e. The molecule has 7 heteroatoms. The van der Waals surface area contributed by atoms with E-state index in [1.807, 2.05) is 17.2 Å². The number of amides is 1. The Kier molecular flexibility index (Phi) is 6.67. The first kappa shape index (κ1) is 20.6. The standard InChI is InChI=1S/C22H34N4O3/c1-28-16-6-21(27)26-10-7-22(8-11-26)18-19(5-17-29-22)24-12-14-25(15-13-24)20-4-2-3-9-23-20/h2-4,9,19H,5-8,10-18H2,1H3/t19-/m0/s1. The number of pyridine rings is 1. The van der Waals surface area contributed by atoms with Crippen LogP contribution in [0.4, 0.5) is 5.82 Å². The van der Waals surface area contributed by atoms with Crippen molar-refractivity contribution in [3.8, 4) is 0 Å². The Morgan fingerprint density at radius 3 is 2.69 bits per heavy atom. The fourth-order valence-electron chi connectivity index (χ4n) is 5.03. The van der Waals surface area contributed by atoms with Crippen LogP contribution in [0.3, 0.4) is 0 Å². The van der Waals surface area contributed by atoms with Crippen LogP contribution in [0.15, 0.2) is 24.4 Å². The van der Waals surface area contributed by atoms with E-state index in [1.165, 1.54) is 0 Å². The summed E-state index contributed by atoms with van der Waals surface area (Å²) in [5.41, 5.74) is -0.0426. The molecule has 4 heterocycles. The van der Waals surface area contributed by atoms with E-state index in [0.29, 0.717) is 19.1 Å². The van der Waals surface area contributed by atoms with Crippen LogP contribution in [0.25, 0.3) is 0 Å². The highest BCUT2D eigenvalue weighted by Crippen LogP contribution is 2.37. The third-order valence-electron chi connectivity index (χ3n) is 6.82. The number of ether oxygens (including phenoxy) is 2. The van der Waals surface area contributed by atoms with Gasteiger partial charge in [-0.05, 0) is 37.8 Å². The van der Waals surface area contributed by atoms with E-state index in [2.05, 4.69) is 26.9 Å². The molecule has 4 rings (SSSR count). The lowest BCUT2D eigenvalue weighted by Gasteiger charge is -2.49. The predicted molar refractivity (Wildman–Crippen MR) is 112 cm³/mol. The molecule has 1 aromatic rings. The molecule has 1 atom stereocenters. The normalized spacial score (nSPS) is 25.3. The molecule has 0 radical (unpaired) electrons. The molecule has 3 aliphatic heterocycles. The highest BCUT2D eigenvalue weighted by atomic mass is 16.5. The van der Waals surface area contributed by atoms with E-state index >= 15 is 0 Å². The lowest BCUT2D eigenvalue weighted by Crippen LogP contribution is -2.57. The number of rotatable bonds is 5. The molecular formula is C22H34N4O3. The molecule has 1 amide bonds. The number of piperazine rings is 1. The molecule has 1 spiro atoms. The maximum absolute atomic E-state index is 12.3. The summed E-state index contributed by atoms with van der Waals surface area (Å²) >= 11 is 0. The van der Waals surface area contributed by atoms with Crippen molar-refractivity contribution in [1.82, 2.24) is 14.8 Å². The number of anilines is 1. The zero-order chi connectivity index (χ0) is 20.1. The van der Waals surface area contributed by atoms with Crippen LogP contribution in [-0.2, 0) is 14.3 Å². The average molecular weight is 403 g/mol. The summed E-state index contributed by atoms with van der Waals surface area (Å²) in [4.78, 5) is 23.8. The molecule has 3 fully saturated rings. The number of methoxy groups -OCH3 is 1. The van der Waals surface area contributed by atoms with Crippen molar-refractivity contribution >= 4 is 11.7 Å². The summed E-state index contributed by atoms with van der Waals surface area (Å²) in [5.74, 6) is 1.29. The fourth-order valence-corrected chi connectivity index (χ4v) is 5.03. The Morgan fingerprint density at radius 2 is 2.00 bits per heavy atom. The molecule has 0 N–H and O–H groups in total. The number of hydrogen-bond acceptors (Lipinski definition) is 6. The van der Waals surface area contributed by atoms with Crippen LogP contribution in [0.2, 0.25) is 0 Å². The zero-order valence-corrected chi connectivity index (χ0v) is 17.6. The van der Waals surface area contributed by atoms with Gasteiger partial charge in [-0.25, -0.2) is 4.98 Å². The van der Waals surface area contributed by atoms with Crippen molar-refractivity contribution in [1.29, 1.82) is 0 Å². The van der Waals surface area contributed by atoms with Gasteiger partial charge in [0.1, 0.15) is 5.82 Å². The van der Waals surface area contributed by atoms with Crippen LogP contribution in [0.1, 0.15) is 32.1 Å². The Bertz CT molecular complexity index is 655. The molecule has 0 bridgehead atoms. The van der Waals surface area contributed by atoms with Crippen LogP contribution in [0.5, 0.6) is 0 Å². The molecular weight excluding hydrogens is 368 g/mol. The van der Waals surface area contributed by atoms with Gasteiger partial charge in [-0.2, -0.15) is 0 Å². The zero-order valence-electron chi connectivity index (χ0n) is 17.6. The van der Waals surface area contributed by atoms with Gasteiger partial charge in [0, 0.05) is 65.2 Å². The summed E-state index contributed by atoms with van der Waals surface area (Å²) in [6.07, 6.45) is 6.47. The Hall–Kier alpha value is -1.70. The summed E-state index contributed by atoms with van der Waals surface area (Å²) < 4.78 is 11.4. The van der Waals surface area contributed by atoms with Crippen molar-refractivity contribution in [2.45, 2.75) is 43.7 Å². The number of likely N-dealkylation sites (tertiary alicyclic amines) is 1. The van der Waals surface area contributed by atoms with Gasteiger partial charge in [-0.3, -0.25) is 9.69 Å². The fraction of sp³-hybridized carbons (Fsp3) is 0.727. The third kappa shape index (κ3) is 4.90. The lowest BCUT2D eigenvalue weighted by molar-refractivity contribution is -0.150. The first-order valence-corrected chi connectivity index (χ1v) is 11.0. The molecule has 0 unspecified atom stereocenters. The molecule has 3 saturated heterocycles. The van der Waals surface area contributed by atoms with Crippen molar-refractivity contribution in [2.75, 3.05) is 64.5 Å². The van der Waals surface area contributed by atoms with Gasteiger partial charge in [-0.15, -0.1) is 0 Å². The number of carbonyl (C=O) groups is 1. The Balaban J connectivity index is 1.28. The summed E-state index contributed by atoms with van der Waals surface area (Å²) in [6.45, 7) is 7.18. The second-order valence-corrected chi connectivity index (χ2v) is 8.51. The number of carbonyl (C=O) groups excluding carboxylic acids is 1. The molecule has 7 nitrogen and oxygen atoms in total. The van der Waals surface area contributed by atoms with Crippen LogP contribution in [0, 0.1) is 0 Å². The van der Waals surface area contributed by atoms with E-state index < -0.39 is 0 Å². The van der Waals surface area contributed by atoms with Crippen molar-refractivity contribution in [2.24, 2.45) is 0 Å². The van der Waals surface area contributed by atoms with E-state index in [9.17, 15) is 4.79 Å². The number of piperidine rings is 1. The van der Waals surface area contributed by atoms with E-state index in [1.54, 1.807) is 7.11 Å². The minimum Gasteiger partial charge on any atom is -0.384 e. The van der Waals surface area contributed by atoms with Crippen molar-refractivity contribution in [3.63, 3.8) is 0 Å².